The molecule has 2 saturated heterocycles. The first kappa shape index (κ1) is 21.2. The third-order valence-electron chi connectivity index (χ3n) is 7.84. The first-order chi connectivity index (χ1) is 15.0. The number of hydrogen-bond donors (Lipinski definition) is 0. The normalized spacial score (nSPS) is 25.5. The Kier molecular flexibility index (Phi) is 5.69. The van der Waals surface area contributed by atoms with Gasteiger partial charge >= 0.3 is 0 Å². The average Bonchev–Trinajstić information content (AvgIpc) is 3.29. The van der Waals surface area contributed by atoms with Gasteiger partial charge in [0.2, 0.25) is 10.0 Å². The van der Waals surface area contributed by atoms with E-state index in [1.54, 1.807) is 15.2 Å². The van der Waals surface area contributed by atoms with Gasteiger partial charge in [-0.3, -0.25) is 9.58 Å². The van der Waals surface area contributed by atoms with Crippen molar-refractivity contribution in [1.82, 2.24) is 19.0 Å². The lowest BCUT2D eigenvalue weighted by Gasteiger charge is -2.63. The molecule has 1 saturated carbocycles. The molecule has 3 aliphatic rings. The molecule has 31 heavy (non-hydrogen) atoms. The second-order valence-electron chi connectivity index (χ2n) is 9.58. The summed E-state index contributed by atoms with van der Waals surface area (Å²) in [6, 6.07) is 12.0. The summed E-state index contributed by atoms with van der Waals surface area (Å²) in [4.78, 5) is 3.01. The zero-order valence-corrected chi connectivity index (χ0v) is 19.3. The highest BCUT2D eigenvalue weighted by Gasteiger charge is 2.55. The maximum Gasteiger partial charge on any atom is 0.246 e. The van der Waals surface area contributed by atoms with Crippen LogP contribution in [0.25, 0.3) is 0 Å². The molecular weight excluding hydrogens is 408 g/mol. The number of benzene rings is 1. The van der Waals surface area contributed by atoms with Gasteiger partial charge in [-0.25, -0.2) is 8.42 Å². The van der Waals surface area contributed by atoms with E-state index in [0.29, 0.717) is 42.0 Å². The van der Waals surface area contributed by atoms with Crippen molar-refractivity contribution >= 4 is 10.0 Å². The highest BCUT2D eigenvalue weighted by molar-refractivity contribution is 7.89. The van der Waals surface area contributed by atoms with E-state index in [-0.39, 0.29) is 0 Å². The van der Waals surface area contributed by atoms with Crippen molar-refractivity contribution in [3.8, 4) is 0 Å². The number of aryl methyl sites for hydroxylation is 1. The minimum atomic E-state index is -3.45. The molecule has 0 N–H and O–H groups in total. The molecule has 1 aromatic heterocycles. The van der Waals surface area contributed by atoms with Crippen LogP contribution in [0.15, 0.2) is 47.6 Å². The predicted octanol–water partition coefficient (Wildman–Crippen LogP) is 4.06. The van der Waals surface area contributed by atoms with Gasteiger partial charge in [0.1, 0.15) is 4.90 Å². The molecule has 0 amide bonds. The van der Waals surface area contributed by atoms with E-state index in [2.05, 4.69) is 40.3 Å². The van der Waals surface area contributed by atoms with E-state index in [4.69, 9.17) is 0 Å². The van der Waals surface area contributed by atoms with E-state index in [9.17, 15) is 8.42 Å². The molecule has 3 heterocycles. The van der Waals surface area contributed by atoms with Crippen LogP contribution in [0, 0.1) is 5.41 Å². The molecule has 7 heteroatoms. The van der Waals surface area contributed by atoms with Gasteiger partial charge in [-0.15, -0.1) is 0 Å². The third kappa shape index (κ3) is 3.74. The minimum absolute atomic E-state index is 0.320. The average molecular weight is 443 g/mol. The van der Waals surface area contributed by atoms with Gasteiger partial charge in [-0.2, -0.15) is 9.40 Å². The summed E-state index contributed by atoms with van der Waals surface area (Å²) >= 11 is 0. The van der Waals surface area contributed by atoms with Crippen LogP contribution in [0.5, 0.6) is 0 Å². The quantitative estimate of drug-likeness (QED) is 0.701. The van der Waals surface area contributed by atoms with Crippen molar-refractivity contribution in [1.29, 1.82) is 0 Å². The number of nitrogens with zero attached hydrogens (tertiary/aromatic N) is 4. The Morgan fingerprint density at radius 2 is 1.77 bits per heavy atom. The van der Waals surface area contributed by atoms with E-state index in [1.807, 2.05) is 6.92 Å². The Morgan fingerprint density at radius 3 is 2.42 bits per heavy atom. The molecule has 5 rings (SSSR count). The Hall–Kier alpha value is -1.70. The fourth-order valence-electron chi connectivity index (χ4n) is 6.20. The van der Waals surface area contributed by atoms with Crippen LogP contribution < -0.4 is 0 Å². The van der Waals surface area contributed by atoms with E-state index >= 15 is 0 Å². The maximum atomic E-state index is 13.1. The first-order valence-electron chi connectivity index (χ1n) is 11.9. The Bertz CT molecular complexity index is 990. The zero-order chi connectivity index (χ0) is 21.5. The predicted molar refractivity (Wildman–Crippen MR) is 121 cm³/mol. The van der Waals surface area contributed by atoms with Crippen molar-refractivity contribution < 1.29 is 8.42 Å². The minimum Gasteiger partial charge on any atom is -0.292 e. The van der Waals surface area contributed by atoms with Crippen molar-refractivity contribution in [3.05, 3.63) is 48.3 Å². The second kappa shape index (κ2) is 8.34. The summed E-state index contributed by atoms with van der Waals surface area (Å²) < 4.78 is 29.5. The standard InChI is InChI=1S/C24H34N4O2S/c1-2-26-18-22(17-25-26)31(29,30)27-15-11-21(12-16-27)28-19-24(13-7-4-8-14-24)23(28)20-9-5-3-6-10-20/h3,5-6,9-10,17-18,21,23H,2,4,7-8,11-16,19H2,1H3. The highest BCUT2D eigenvalue weighted by Crippen LogP contribution is 2.58. The summed E-state index contributed by atoms with van der Waals surface area (Å²) in [5.74, 6) is 0. The monoisotopic (exact) mass is 442 g/mol. The molecule has 2 aliphatic heterocycles. The Balaban J connectivity index is 1.30. The van der Waals surface area contributed by atoms with E-state index in [1.165, 1.54) is 50.4 Å². The molecule has 1 unspecified atom stereocenters. The van der Waals surface area contributed by atoms with Crippen LogP contribution in [0.4, 0.5) is 0 Å². The Labute approximate surface area is 186 Å². The largest absolute Gasteiger partial charge is 0.292 e. The van der Waals surface area contributed by atoms with Gasteiger partial charge in [-0.05, 0) is 38.2 Å². The van der Waals surface area contributed by atoms with Crippen LogP contribution in [0.1, 0.15) is 63.5 Å². The highest BCUT2D eigenvalue weighted by atomic mass is 32.2. The summed E-state index contributed by atoms with van der Waals surface area (Å²) in [5, 5.41) is 4.16. The fraction of sp³-hybridized carbons (Fsp3) is 0.625. The van der Waals surface area contributed by atoms with E-state index < -0.39 is 10.0 Å². The molecule has 1 aliphatic carbocycles. The van der Waals surface area contributed by atoms with Crippen molar-refractivity contribution in [3.63, 3.8) is 0 Å². The molecule has 0 radical (unpaired) electrons. The molecule has 168 valence electrons. The smallest absolute Gasteiger partial charge is 0.246 e. The van der Waals surface area contributed by atoms with Crippen molar-refractivity contribution in [2.45, 2.75) is 75.4 Å². The van der Waals surface area contributed by atoms with Gasteiger partial charge in [0.25, 0.3) is 0 Å². The number of aromatic nitrogens is 2. The van der Waals surface area contributed by atoms with Gasteiger partial charge in [-0.1, -0.05) is 49.6 Å². The lowest BCUT2D eigenvalue weighted by atomic mass is 9.60. The molecular formula is C24H34N4O2S. The van der Waals surface area contributed by atoms with Crippen LogP contribution >= 0.6 is 0 Å². The molecule has 1 atom stereocenters. The molecule has 1 spiro atoms. The lowest BCUT2D eigenvalue weighted by molar-refractivity contribution is -0.131. The maximum absolute atomic E-state index is 13.1. The molecule has 3 fully saturated rings. The number of sulfonamides is 1. The fourth-order valence-corrected chi connectivity index (χ4v) is 7.63. The second-order valence-corrected chi connectivity index (χ2v) is 11.5. The van der Waals surface area contributed by atoms with Gasteiger partial charge < -0.3 is 0 Å². The molecule has 6 nitrogen and oxygen atoms in total. The molecule has 1 aromatic carbocycles. The van der Waals surface area contributed by atoms with Gasteiger partial charge in [0, 0.05) is 49.9 Å². The molecule has 2 aromatic rings. The number of piperidine rings is 1. The summed E-state index contributed by atoms with van der Waals surface area (Å²) in [6.07, 6.45) is 11.7. The van der Waals surface area contributed by atoms with Crippen LogP contribution in [0.2, 0.25) is 0 Å². The summed E-state index contributed by atoms with van der Waals surface area (Å²) in [7, 11) is -3.45. The zero-order valence-electron chi connectivity index (χ0n) is 18.5. The van der Waals surface area contributed by atoms with Crippen LogP contribution in [-0.4, -0.2) is 53.1 Å². The van der Waals surface area contributed by atoms with Crippen molar-refractivity contribution in [2.24, 2.45) is 5.41 Å². The van der Waals surface area contributed by atoms with Crippen LogP contribution in [0.3, 0.4) is 0 Å². The van der Waals surface area contributed by atoms with E-state index in [0.717, 1.165) is 12.8 Å². The Morgan fingerprint density at radius 1 is 1.06 bits per heavy atom. The van der Waals surface area contributed by atoms with Crippen LogP contribution in [-0.2, 0) is 16.6 Å². The number of hydrogen-bond acceptors (Lipinski definition) is 4. The molecule has 0 bridgehead atoms. The lowest BCUT2D eigenvalue weighted by Crippen LogP contribution is -2.63. The van der Waals surface area contributed by atoms with Gasteiger partial charge in [0.15, 0.2) is 0 Å². The summed E-state index contributed by atoms with van der Waals surface area (Å²) in [6.45, 7) is 5.00. The topological polar surface area (TPSA) is 58.4 Å². The number of rotatable bonds is 5. The SMILES string of the molecule is CCn1cc(S(=O)(=O)N2CCC(N3CC4(CCCCC4)C3c3ccccc3)CC2)cn1. The van der Waals surface area contributed by atoms with Gasteiger partial charge in [0.05, 0.1) is 6.20 Å². The third-order valence-corrected chi connectivity index (χ3v) is 9.69. The van der Waals surface area contributed by atoms with Crippen molar-refractivity contribution in [2.75, 3.05) is 19.6 Å². The summed E-state index contributed by atoms with van der Waals surface area (Å²) in [5.41, 5.74) is 1.87. The first-order valence-corrected chi connectivity index (χ1v) is 13.3. The number of likely N-dealkylation sites (tertiary alicyclic amines) is 1.